The fourth-order valence-corrected chi connectivity index (χ4v) is 0.520. The molecule has 1 aromatic rings. The normalized spacial score (nSPS) is 8.55. The van der Waals surface area contributed by atoms with Crippen molar-refractivity contribution in [1.82, 2.24) is 0 Å². The summed E-state index contributed by atoms with van der Waals surface area (Å²) in [5, 5.41) is 0. The molecule has 0 saturated carbocycles. The highest BCUT2D eigenvalue weighted by Gasteiger charge is 1.96. The van der Waals surface area contributed by atoms with Gasteiger partial charge in [-0.05, 0) is 0 Å². The maximum absolute atomic E-state index is 11.9. The van der Waals surface area contributed by atoms with Gasteiger partial charge in [-0.25, -0.2) is 13.2 Å². The Balaban J connectivity index is 0. The highest BCUT2D eigenvalue weighted by atomic mass is 19.1. The second-order valence-electron chi connectivity index (χ2n) is 1.59. The molecule has 0 aliphatic heterocycles. The maximum atomic E-state index is 11.9. The predicted molar refractivity (Wildman–Crippen MR) is 34.6 cm³/mol. The summed E-state index contributed by atoms with van der Waals surface area (Å²) in [5.41, 5.74) is 0. The first-order chi connectivity index (χ1) is 5.18. The number of halogens is 4. The van der Waals surface area contributed by atoms with Gasteiger partial charge < -0.3 is 0 Å². The zero-order valence-electron chi connectivity index (χ0n) is 6.32. The first-order valence-electron chi connectivity index (χ1n) is 2.68. The van der Waals surface area contributed by atoms with Crippen molar-refractivity contribution < 1.29 is 17.9 Å². The third-order valence-corrected chi connectivity index (χ3v) is 0.827. The van der Waals surface area contributed by atoms with Crippen LogP contribution in [0.1, 0.15) is 0 Å². The van der Waals surface area contributed by atoms with Crippen molar-refractivity contribution in [1.29, 1.82) is 1.45 Å². The molecule has 11 heavy (non-hydrogen) atoms. The Labute approximate surface area is 64.5 Å². The molecule has 3 radical (unpaired) electrons. The summed E-state index contributed by atoms with van der Waals surface area (Å²) < 4.78 is 48.8. The van der Waals surface area contributed by atoms with E-state index in [-0.39, 0.29) is 8.41 Å². The molecule has 0 fully saturated rings. The molecule has 0 aromatic heterocycles. The van der Waals surface area contributed by atoms with Crippen molar-refractivity contribution in [3.8, 4) is 0 Å². The Bertz CT molecular complexity index is 180. The Kier molecular flexibility index (Phi) is 4.33. The Morgan fingerprint density at radius 2 is 1.09 bits per heavy atom. The summed E-state index contributed by atoms with van der Waals surface area (Å²) in [5.74, 6) is -2.69. The third-order valence-electron chi connectivity index (χ3n) is 0.827. The first kappa shape index (κ1) is 10.0. The molecule has 0 saturated heterocycles. The van der Waals surface area contributed by atoms with Gasteiger partial charge in [0.25, 0.3) is 1.45 Å². The van der Waals surface area contributed by atoms with E-state index < -0.39 is 17.5 Å². The predicted octanol–water partition coefficient (Wildman–Crippen LogP) is 1.88. The minimum absolute atomic E-state index is 0. The fraction of sp³-hybridized carbons (Fsp3) is 0. The summed E-state index contributed by atoms with van der Waals surface area (Å²) in [4.78, 5) is 0. The zero-order chi connectivity index (χ0) is 8.85. The van der Waals surface area contributed by atoms with E-state index in [4.69, 9.17) is 4.72 Å². The van der Waals surface area contributed by atoms with Gasteiger partial charge in [0.05, 0.1) is 0 Å². The number of hydrogen-bond donors (Lipinski definition) is 0. The summed E-state index contributed by atoms with van der Waals surface area (Å²) in [6.45, 7) is 0. The van der Waals surface area contributed by atoms with Gasteiger partial charge in [0.1, 0.15) is 17.5 Å². The van der Waals surface area contributed by atoms with E-state index in [1.165, 1.54) is 0 Å². The quantitative estimate of drug-likeness (QED) is 0.406. The molecule has 1 aromatic carbocycles. The molecule has 59 valence electrons. The molecule has 0 atom stereocenters. The average Bonchev–Trinajstić information content (AvgIpc) is 1.88. The summed E-state index contributed by atoms with van der Waals surface area (Å²) in [6, 6.07) is 1.84. The maximum Gasteiger partial charge on any atom is 0.269 e. The molecule has 0 spiro atoms. The molecule has 5 heteroatoms. The molecular formula is C6H4BF4. The molecule has 0 unspecified atom stereocenters. The molecule has 0 aliphatic carbocycles. The largest absolute Gasteiger partial charge is 0.269 e. The van der Waals surface area contributed by atoms with Crippen LogP contribution in [0.15, 0.2) is 18.2 Å². The van der Waals surface area contributed by atoms with Crippen molar-refractivity contribution in [3.63, 3.8) is 0 Å². The van der Waals surface area contributed by atoms with Gasteiger partial charge in [-0.1, -0.05) is 0 Å². The van der Waals surface area contributed by atoms with Gasteiger partial charge >= 0.3 is 0 Å². The van der Waals surface area contributed by atoms with Crippen LogP contribution in [0.25, 0.3) is 0 Å². The van der Waals surface area contributed by atoms with E-state index in [2.05, 4.69) is 1.45 Å². The van der Waals surface area contributed by atoms with Gasteiger partial charge in [0, 0.05) is 26.6 Å². The standard InChI is InChI=1S/C6H3F3.B.FH/c7-4-1-5(8)3-6(9)2-4;;/h1-3H;;1H/i/hT. The van der Waals surface area contributed by atoms with Gasteiger partial charge in [-0.2, -0.15) is 0 Å². The second kappa shape index (κ2) is 4.76. The van der Waals surface area contributed by atoms with Crippen molar-refractivity contribution in [2.75, 3.05) is 0 Å². The second-order valence-corrected chi connectivity index (χ2v) is 1.59. The average molecular weight is 165 g/mol. The molecule has 0 N–H and O–H groups in total. The summed E-state index contributed by atoms with van der Waals surface area (Å²) in [6.07, 6.45) is 0. The van der Waals surface area contributed by atoms with Gasteiger partial charge in [0.2, 0.25) is 0 Å². The van der Waals surface area contributed by atoms with Crippen LogP contribution in [-0.2, 0) is 0 Å². The highest BCUT2D eigenvalue weighted by molar-refractivity contribution is 5.75. The molecule has 0 nitrogen and oxygen atoms in total. The van der Waals surface area contributed by atoms with Gasteiger partial charge in [-0.3, -0.25) is 4.72 Å². The first-order valence-corrected chi connectivity index (χ1v) is 2.30. The monoisotopic (exact) mass is 165 g/mol. The fourth-order valence-electron chi connectivity index (χ4n) is 0.520. The molecule has 1 rings (SSSR count). The van der Waals surface area contributed by atoms with Gasteiger partial charge in [-0.15, -0.1) is 0 Å². The van der Waals surface area contributed by atoms with Crippen molar-refractivity contribution in [2.45, 2.75) is 0 Å². The van der Waals surface area contributed by atoms with Crippen molar-refractivity contribution in [3.05, 3.63) is 35.7 Å². The van der Waals surface area contributed by atoms with Crippen LogP contribution in [0.5, 0.6) is 0 Å². The Morgan fingerprint density at radius 1 is 0.909 bits per heavy atom. The SMILES string of the molecule is Fc1cc(F)cc(F)c1.[3H]F.[B]. The smallest absolute Gasteiger partial charge is 0.269 e. The van der Waals surface area contributed by atoms with Gasteiger partial charge in [0.15, 0.2) is 0 Å². The van der Waals surface area contributed by atoms with Crippen LogP contribution in [0, 0.1) is 17.5 Å². The number of benzene rings is 1. The summed E-state index contributed by atoms with van der Waals surface area (Å²) in [7, 11) is 0. The Morgan fingerprint density at radius 3 is 1.27 bits per heavy atom. The highest BCUT2D eigenvalue weighted by Crippen LogP contribution is 2.04. The lowest BCUT2D eigenvalue weighted by Gasteiger charge is -1.88. The van der Waals surface area contributed by atoms with Crippen LogP contribution >= 0.6 is 0 Å². The molecule has 0 amide bonds. The summed E-state index contributed by atoms with van der Waals surface area (Å²) >= 11 is 0. The molecular weight excluding hydrogens is 159 g/mol. The minimum atomic E-state index is -0.896. The zero-order valence-corrected chi connectivity index (χ0v) is 5.32. The Hall–Kier alpha value is -0.995. The van der Waals surface area contributed by atoms with Crippen molar-refractivity contribution >= 4 is 8.41 Å². The topological polar surface area (TPSA) is 0 Å². The minimum Gasteiger partial charge on any atom is -0.269 e. The third kappa shape index (κ3) is 3.65. The van der Waals surface area contributed by atoms with Crippen LogP contribution in [-0.4, -0.2) is 9.86 Å². The van der Waals surface area contributed by atoms with Crippen LogP contribution in [0.4, 0.5) is 17.9 Å². The number of hydrogen-bond acceptors (Lipinski definition) is 0. The van der Waals surface area contributed by atoms with E-state index in [9.17, 15) is 13.2 Å². The molecule has 0 bridgehead atoms. The number of rotatable bonds is 0. The van der Waals surface area contributed by atoms with E-state index >= 15 is 0 Å². The van der Waals surface area contributed by atoms with E-state index in [1.54, 1.807) is 0 Å². The molecule has 0 aliphatic rings. The van der Waals surface area contributed by atoms with Crippen LogP contribution in [0.3, 0.4) is 0 Å². The van der Waals surface area contributed by atoms with E-state index in [0.717, 1.165) is 0 Å². The lowest BCUT2D eigenvalue weighted by Crippen LogP contribution is -1.81. The van der Waals surface area contributed by atoms with Crippen molar-refractivity contribution in [2.24, 2.45) is 0 Å². The lowest BCUT2D eigenvalue weighted by molar-refractivity contribution is 0.543. The lowest BCUT2D eigenvalue weighted by atomic mass is 10.3. The van der Waals surface area contributed by atoms with E-state index in [0.29, 0.717) is 18.2 Å². The van der Waals surface area contributed by atoms with Crippen LogP contribution < -0.4 is 0 Å². The molecule has 0 heterocycles. The van der Waals surface area contributed by atoms with Crippen LogP contribution in [0.2, 0.25) is 0 Å². The van der Waals surface area contributed by atoms with E-state index in [1.807, 2.05) is 0 Å².